The lowest BCUT2D eigenvalue weighted by molar-refractivity contribution is -0.130. The van der Waals surface area contributed by atoms with Crippen molar-refractivity contribution >= 4 is 21.4 Å². The van der Waals surface area contributed by atoms with Gasteiger partial charge in [-0.05, 0) is 44.4 Å². The van der Waals surface area contributed by atoms with Gasteiger partial charge in [-0.3, -0.25) is 4.79 Å². The summed E-state index contributed by atoms with van der Waals surface area (Å²) in [6.45, 7) is 6.62. The van der Waals surface area contributed by atoms with Crippen molar-refractivity contribution in [2.24, 2.45) is 0 Å². The molecule has 1 aromatic rings. The quantitative estimate of drug-likeness (QED) is 0.896. The van der Waals surface area contributed by atoms with Crippen LogP contribution in [0.5, 0.6) is 0 Å². The first-order valence-electron chi connectivity index (χ1n) is 7.63. The van der Waals surface area contributed by atoms with Crippen molar-refractivity contribution < 1.29 is 13.2 Å². The first-order valence-corrected chi connectivity index (χ1v) is 9.45. The molecule has 0 saturated carbocycles. The van der Waals surface area contributed by atoms with Crippen molar-refractivity contribution in [3.8, 4) is 0 Å². The number of carbonyl (C=O) groups is 1. The van der Waals surface area contributed by atoms with Crippen LogP contribution in [-0.2, 0) is 14.6 Å². The highest BCUT2D eigenvalue weighted by atomic mass is 32.2. The minimum atomic E-state index is -2.98. The summed E-state index contributed by atoms with van der Waals surface area (Å²) in [5.74, 6) is 0.229. The van der Waals surface area contributed by atoms with Crippen LogP contribution in [0.4, 0.5) is 5.69 Å². The fraction of sp³-hybridized carbons (Fsp3) is 0.562. The van der Waals surface area contributed by atoms with Crippen LogP contribution in [0, 0.1) is 13.8 Å². The summed E-state index contributed by atoms with van der Waals surface area (Å²) in [5, 5.41) is 3.17. The zero-order valence-corrected chi connectivity index (χ0v) is 14.2. The van der Waals surface area contributed by atoms with Gasteiger partial charge in [-0.15, -0.1) is 0 Å². The van der Waals surface area contributed by atoms with Gasteiger partial charge in [0.25, 0.3) is 0 Å². The van der Waals surface area contributed by atoms with E-state index in [-0.39, 0.29) is 30.0 Å². The van der Waals surface area contributed by atoms with Crippen molar-refractivity contribution in [2.45, 2.75) is 33.2 Å². The summed E-state index contributed by atoms with van der Waals surface area (Å²) in [6.07, 6.45) is 0.547. The third-order valence-electron chi connectivity index (χ3n) is 4.13. The van der Waals surface area contributed by atoms with Crippen LogP contribution >= 0.6 is 0 Å². The topological polar surface area (TPSA) is 66.5 Å². The van der Waals surface area contributed by atoms with Crippen LogP contribution in [0.1, 0.15) is 24.5 Å². The summed E-state index contributed by atoms with van der Waals surface area (Å²) in [7, 11) is -2.98. The van der Waals surface area contributed by atoms with Gasteiger partial charge >= 0.3 is 0 Å². The highest BCUT2D eigenvalue weighted by Gasteiger charge is 2.33. The molecule has 22 heavy (non-hydrogen) atoms. The molecule has 1 saturated heterocycles. The molecule has 0 aromatic heterocycles. The minimum absolute atomic E-state index is 0.0505. The van der Waals surface area contributed by atoms with Gasteiger partial charge < -0.3 is 10.2 Å². The molecule has 1 fully saturated rings. The Kier molecular flexibility index (Phi) is 5.11. The second-order valence-electron chi connectivity index (χ2n) is 5.91. The van der Waals surface area contributed by atoms with Gasteiger partial charge in [-0.1, -0.05) is 12.1 Å². The summed E-state index contributed by atoms with van der Waals surface area (Å²) >= 11 is 0. The number of amides is 1. The predicted molar refractivity (Wildman–Crippen MR) is 88.9 cm³/mol. The molecule has 1 atom stereocenters. The van der Waals surface area contributed by atoms with Crippen molar-refractivity contribution in [1.82, 2.24) is 4.90 Å². The van der Waals surface area contributed by atoms with Crippen molar-refractivity contribution in [1.29, 1.82) is 0 Å². The molecule has 0 unspecified atom stereocenters. The maximum Gasteiger partial charge on any atom is 0.242 e. The molecule has 0 spiro atoms. The standard InChI is InChI=1S/C16H24N2O3S/c1-4-18(14-7-8-22(20,21)11-14)16(19)10-17-15-9-12(2)5-6-13(15)3/h5-6,9,14,17H,4,7-8,10-11H2,1-3H3/t14-/m1/s1. The van der Waals surface area contributed by atoms with Gasteiger partial charge in [-0.2, -0.15) is 0 Å². The maximum atomic E-state index is 12.4. The molecule has 0 bridgehead atoms. The molecule has 1 N–H and O–H groups in total. The molecule has 1 aromatic carbocycles. The third kappa shape index (κ3) is 4.00. The van der Waals surface area contributed by atoms with E-state index in [1.807, 2.05) is 39.0 Å². The SMILES string of the molecule is CCN(C(=O)CNc1cc(C)ccc1C)[C@@H]1CCS(=O)(=O)C1. The van der Waals surface area contributed by atoms with E-state index in [1.165, 1.54) is 0 Å². The first-order chi connectivity index (χ1) is 10.3. The Bertz CT molecular complexity index is 655. The van der Waals surface area contributed by atoms with E-state index < -0.39 is 9.84 Å². The Balaban J connectivity index is 1.99. The van der Waals surface area contributed by atoms with Gasteiger partial charge in [-0.25, -0.2) is 8.42 Å². The molecular weight excluding hydrogens is 300 g/mol. The Morgan fingerprint density at radius 3 is 2.68 bits per heavy atom. The van der Waals surface area contributed by atoms with Crippen LogP contribution in [-0.4, -0.2) is 49.9 Å². The molecule has 6 heteroatoms. The lowest BCUT2D eigenvalue weighted by Crippen LogP contribution is -2.43. The fourth-order valence-electron chi connectivity index (χ4n) is 2.86. The molecule has 5 nitrogen and oxygen atoms in total. The number of aryl methyl sites for hydroxylation is 2. The molecule has 0 aliphatic carbocycles. The van der Waals surface area contributed by atoms with Crippen LogP contribution < -0.4 is 5.32 Å². The lowest BCUT2D eigenvalue weighted by Gasteiger charge is -2.27. The summed E-state index contributed by atoms with van der Waals surface area (Å²) < 4.78 is 23.2. The normalized spacial score (nSPS) is 19.9. The average molecular weight is 324 g/mol. The summed E-state index contributed by atoms with van der Waals surface area (Å²) in [5.41, 5.74) is 3.17. The van der Waals surface area contributed by atoms with E-state index in [0.717, 1.165) is 16.8 Å². The number of nitrogens with zero attached hydrogens (tertiary/aromatic N) is 1. The van der Waals surface area contributed by atoms with Crippen LogP contribution in [0.15, 0.2) is 18.2 Å². The van der Waals surface area contributed by atoms with Crippen LogP contribution in [0.3, 0.4) is 0 Å². The van der Waals surface area contributed by atoms with Crippen LogP contribution in [0.25, 0.3) is 0 Å². The summed E-state index contributed by atoms with van der Waals surface area (Å²) in [6, 6.07) is 5.88. The minimum Gasteiger partial charge on any atom is -0.376 e. The van der Waals surface area contributed by atoms with E-state index >= 15 is 0 Å². The Labute approximate surface area is 132 Å². The maximum absolute atomic E-state index is 12.4. The smallest absolute Gasteiger partial charge is 0.242 e. The number of nitrogens with one attached hydrogen (secondary N) is 1. The molecule has 0 radical (unpaired) electrons. The first kappa shape index (κ1) is 16.8. The van der Waals surface area contributed by atoms with Crippen molar-refractivity contribution in [3.05, 3.63) is 29.3 Å². The van der Waals surface area contributed by atoms with Crippen LogP contribution in [0.2, 0.25) is 0 Å². The number of hydrogen-bond donors (Lipinski definition) is 1. The second-order valence-corrected chi connectivity index (χ2v) is 8.14. The highest BCUT2D eigenvalue weighted by molar-refractivity contribution is 7.91. The number of hydrogen-bond acceptors (Lipinski definition) is 4. The number of likely N-dealkylation sites (N-methyl/N-ethyl adjacent to an activating group) is 1. The number of benzene rings is 1. The average Bonchev–Trinajstić information content (AvgIpc) is 2.80. The van der Waals surface area contributed by atoms with Gasteiger partial charge in [0.05, 0.1) is 18.1 Å². The van der Waals surface area contributed by atoms with Gasteiger partial charge in [0.2, 0.25) is 5.91 Å². The van der Waals surface area contributed by atoms with Crippen molar-refractivity contribution in [3.63, 3.8) is 0 Å². The Morgan fingerprint density at radius 2 is 2.09 bits per heavy atom. The third-order valence-corrected chi connectivity index (χ3v) is 5.88. The number of carbonyl (C=O) groups excluding carboxylic acids is 1. The van der Waals surface area contributed by atoms with Gasteiger partial charge in [0.1, 0.15) is 0 Å². The van der Waals surface area contributed by atoms with E-state index in [4.69, 9.17) is 0 Å². The van der Waals surface area contributed by atoms with Gasteiger partial charge in [0, 0.05) is 18.3 Å². The monoisotopic (exact) mass is 324 g/mol. The molecule has 1 aliphatic heterocycles. The largest absolute Gasteiger partial charge is 0.376 e. The van der Waals surface area contributed by atoms with E-state index in [0.29, 0.717) is 13.0 Å². The predicted octanol–water partition coefficient (Wildman–Crippen LogP) is 1.75. The molecular formula is C16H24N2O3S. The summed E-state index contributed by atoms with van der Waals surface area (Å²) in [4.78, 5) is 14.1. The van der Waals surface area contributed by atoms with Gasteiger partial charge in [0.15, 0.2) is 9.84 Å². The number of rotatable bonds is 5. The zero-order chi connectivity index (χ0) is 16.3. The van der Waals surface area contributed by atoms with E-state index in [2.05, 4.69) is 5.32 Å². The molecule has 1 heterocycles. The Hall–Kier alpha value is -1.56. The number of sulfone groups is 1. The lowest BCUT2D eigenvalue weighted by atomic mass is 10.1. The Morgan fingerprint density at radius 1 is 1.36 bits per heavy atom. The van der Waals surface area contributed by atoms with Crippen molar-refractivity contribution in [2.75, 3.05) is 29.9 Å². The van der Waals surface area contributed by atoms with E-state index in [1.54, 1.807) is 4.90 Å². The zero-order valence-electron chi connectivity index (χ0n) is 13.4. The second kappa shape index (κ2) is 6.69. The highest BCUT2D eigenvalue weighted by Crippen LogP contribution is 2.19. The van der Waals surface area contributed by atoms with E-state index in [9.17, 15) is 13.2 Å². The molecule has 1 aliphatic rings. The molecule has 2 rings (SSSR count). The fourth-order valence-corrected chi connectivity index (χ4v) is 4.59. The molecule has 122 valence electrons. The molecule has 1 amide bonds. The number of anilines is 1.